The molecule has 0 aliphatic carbocycles. The Morgan fingerprint density at radius 2 is 2.00 bits per heavy atom. The number of hydrogen-bond donors (Lipinski definition) is 2. The average molecular weight is 207 g/mol. The van der Waals surface area contributed by atoms with Crippen LogP contribution in [0.3, 0.4) is 0 Å². The molecule has 1 rings (SSSR count). The van der Waals surface area contributed by atoms with Crippen LogP contribution in [0.15, 0.2) is 30.3 Å². The molecule has 2 N–H and O–H groups in total. The third-order valence-electron chi connectivity index (χ3n) is 2.55. The summed E-state index contributed by atoms with van der Waals surface area (Å²) in [5.74, 6) is 0.664. The maximum atomic E-state index is 8.62. The lowest BCUT2D eigenvalue weighted by molar-refractivity contribution is 0.288. The first-order chi connectivity index (χ1) is 7.33. The van der Waals surface area contributed by atoms with Crippen molar-refractivity contribution in [3.05, 3.63) is 35.9 Å². The quantitative estimate of drug-likeness (QED) is 0.669. The number of aliphatic hydroxyl groups is 1. The zero-order chi connectivity index (χ0) is 10.9. The van der Waals surface area contributed by atoms with Crippen molar-refractivity contribution in [2.75, 3.05) is 19.7 Å². The highest BCUT2D eigenvalue weighted by molar-refractivity contribution is 5.14. The van der Waals surface area contributed by atoms with Gasteiger partial charge in [0, 0.05) is 6.54 Å². The van der Waals surface area contributed by atoms with Crippen LogP contribution in [0.2, 0.25) is 0 Å². The first-order valence-corrected chi connectivity index (χ1v) is 5.68. The van der Waals surface area contributed by atoms with E-state index in [-0.39, 0.29) is 6.61 Å². The zero-order valence-electron chi connectivity index (χ0n) is 9.45. The Morgan fingerprint density at radius 1 is 1.27 bits per heavy atom. The zero-order valence-corrected chi connectivity index (χ0v) is 9.45. The molecule has 84 valence electrons. The summed E-state index contributed by atoms with van der Waals surface area (Å²) >= 11 is 0. The highest BCUT2D eigenvalue weighted by Gasteiger charge is 2.01. The minimum Gasteiger partial charge on any atom is -0.395 e. The lowest BCUT2D eigenvalue weighted by Crippen LogP contribution is -2.24. The maximum absolute atomic E-state index is 8.62. The van der Waals surface area contributed by atoms with E-state index < -0.39 is 0 Å². The number of aryl methyl sites for hydroxylation is 1. The highest BCUT2D eigenvalue weighted by atomic mass is 16.3. The lowest BCUT2D eigenvalue weighted by atomic mass is 10.0. The fraction of sp³-hybridized carbons (Fsp3) is 0.538. The summed E-state index contributed by atoms with van der Waals surface area (Å²) in [5.41, 5.74) is 1.41. The van der Waals surface area contributed by atoms with Gasteiger partial charge in [-0.15, -0.1) is 0 Å². The molecule has 1 aromatic rings. The average Bonchev–Trinajstić information content (AvgIpc) is 2.28. The van der Waals surface area contributed by atoms with Crippen LogP contribution >= 0.6 is 0 Å². The molecule has 2 heteroatoms. The Hall–Kier alpha value is -0.860. The highest BCUT2D eigenvalue weighted by Crippen LogP contribution is 2.08. The molecule has 0 radical (unpaired) electrons. The van der Waals surface area contributed by atoms with Gasteiger partial charge in [-0.3, -0.25) is 0 Å². The summed E-state index contributed by atoms with van der Waals surface area (Å²) in [6.45, 7) is 4.17. The predicted molar refractivity (Wildman–Crippen MR) is 63.9 cm³/mol. The van der Waals surface area contributed by atoms with Crippen molar-refractivity contribution in [3.8, 4) is 0 Å². The topological polar surface area (TPSA) is 32.3 Å². The minimum absolute atomic E-state index is 0.228. The lowest BCUT2D eigenvalue weighted by Gasteiger charge is -2.11. The van der Waals surface area contributed by atoms with Gasteiger partial charge in [0.2, 0.25) is 0 Å². The van der Waals surface area contributed by atoms with Crippen LogP contribution in [0, 0.1) is 5.92 Å². The van der Waals surface area contributed by atoms with Gasteiger partial charge in [-0.25, -0.2) is 0 Å². The van der Waals surface area contributed by atoms with E-state index in [0.29, 0.717) is 12.5 Å². The number of hydrogen-bond acceptors (Lipinski definition) is 2. The molecule has 0 saturated carbocycles. The predicted octanol–water partition coefficient (Wildman–Crippen LogP) is 1.84. The second-order valence-electron chi connectivity index (χ2n) is 4.06. The number of benzene rings is 1. The molecular weight excluding hydrogens is 186 g/mol. The number of rotatable bonds is 7. The fourth-order valence-corrected chi connectivity index (χ4v) is 1.59. The van der Waals surface area contributed by atoms with Gasteiger partial charge in [-0.05, 0) is 30.9 Å². The van der Waals surface area contributed by atoms with E-state index in [9.17, 15) is 0 Å². The summed E-state index contributed by atoms with van der Waals surface area (Å²) in [7, 11) is 0. The SMILES string of the molecule is CC(CCc1ccccc1)CNCCO. The van der Waals surface area contributed by atoms with Gasteiger partial charge in [-0.1, -0.05) is 37.3 Å². The van der Waals surface area contributed by atoms with E-state index in [1.54, 1.807) is 0 Å². The second-order valence-corrected chi connectivity index (χ2v) is 4.06. The van der Waals surface area contributed by atoms with Crippen molar-refractivity contribution in [2.24, 2.45) is 5.92 Å². The molecule has 0 saturated heterocycles. The molecule has 15 heavy (non-hydrogen) atoms. The molecule has 0 aliphatic rings. The smallest absolute Gasteiger partial charge is 0.0555 e. The van der Waals surface area contributed by atoms with Crippen LogP contribution in [0.4, 0.5) is 0 Å². The fourth-order valence-electron chi connectivity index (χ4n) is 1.59. The molecule has 0 amide bonds. The Bertz CT molecular complexity index is 248. The van der Waals surface area contributed by atoms with Gasteiger partial charge in [0.15, 0.2) is 0 Å². The molecule has 0 aromatic heterocycles. The summed E-state index contributed by atoms with van der Waals surface area (Å²) in [6, 6.07) is 10.6. The van der Waals surface area contributed by atoms with Crippen LogP contribution in [-0.2, 0) is 6.42 Å². The largest absolute Gasteiger partial charge is 0.395 e. The first kappa shape index (κ1) is 12.2. The van der Waals surface area contributed by atoms with Crippen LogP contribution in [0.1, 0.15) is 18.9 Å². The Morgan fingerprint density at radius 3 is 2.67 bits per heavy atom. The van der Waals surface area contributed by atoms with Crippen LogP contribution in [0.5, 0.6) is 0 Å². The summed E-state index contributed by atoms with van der Waals surface area (Å²) in [4.78, 5) is 0. The van der Waals surface area contributed by atoms with E-state index >= 15 is 0 Å². The van der Waals surface area contributed by atoms with Gasteiger partial charge < -0.3 is 10.4 Å². The summed E-state index contributed by atoms with van der Waals surface area (Å²) < 4.78 is 0. The monoisotopic (exact) mass is 207 g/mol. The van der Waals surface area contributed by atoms with Crippen molar-refractivity contribution in [1.82, 2.24) is 5.32 Å². The molecule has 0 spiro atoms. The van der Waals surface area contributed by atoms with Crippen molar-refractivity contribution < 1.29 is 5.11 Å². The Labute approximate surface area is 92.3 Å². The molecule has 0 fully saturated rings. The standard InChI is InChI=1S/C13H21NO/c1-12(11-14-9-10-15)7-8-13-5-3-2-4-6-13/h2-6,12,14-15H,7-11H2,1H3. The van der Waals surface area contributed by atoms with Crippen molar-refractivity contribution in [3.63, 3.8) is 0 Å². The molecular formula is C13H21NO. The summed E-state index contributed by atoms with van der Waals surface area (Å²) in [5, 5.41) is 11.8. The summed E-state index contributed by atoms with van der Waals surface area (Å²) in [6.07, 6.45) is 2.34. The van der Waals surface area contributed by atoms with Crippen molar-refractivity contribution in [2.45, 2.75) is 19.8 Å². The van der Waals surface area contributed by atoms with E-state index in [4.69, 9.17) is 5.11 Å². The van der Waals surface area contributed by atoms with E-state index in [2.05, 4.69) is 42.6 Å². The van der Waals surface area contributed by atoms with Crippen LogP contribution < -0.4 is 5.32 Å². The molecule has 1 aromatic carbocycles. The maximum Gasteiger partial charge on any atom is 0.0555 e. The normalized spacial score (nSPS) is 12.7. The third-order valence-corrected chi connectivity index (χ3v) is 2.55. The molecule has 0 heterocycles. The molecule has 1 atom stereocenters. The minimum atomic E-state index is 0.228. The van der Waals surface area contributed by atoms with Crippen LogP contribution in [0.25, 0.3) is 0 Å². The van der Waals surface area contributed by atoms with Crippen LogP contribution in [-0.4, -0.2) is 24.8 Å². The van der Waals surface area contributed by atoms with Gasteiger partial charge in [0.05, 0.1) is 6.61 Å². The van der Waals surface area contributed by atoms with Gasteiger partial charge in [0.25, 0.3) is 0 Å². The van der Waals surface area contributed by atoms with E-state index in [1.165, 1.54) is 12.0 Å². The van der Waals surface area contributed by atoms with Gasteiger partial charge >= 0.3 is 0 Å². The second kappa shape index (κ2) is 7.43. The number of nitrogens with one attached hydrogen (secondary N) is 1. The number of aliphatic hydroxyl groups excluding tert-OH is 1. The van der Waals surface area contributed by atoms with Crippen molar-refractivity contribution in [1.29, 1.82) is 0 Å². The Kier molecular flexibility index (Phi) is 6.05. The first-order valence-electron chi connectivity index (χ1n) is 5.68. The van der Waals surface area contributed by atoms with E-state index in [1.807, 2.05) is 0 Å². The van der Waals surface area contributed by atoms with Crippen molar-refractivity contribution >= 4 is 0 Å². The molecule has 1 unspecified atom stereocenters. The molecule has 0 aliphatic heterocycles. The van der Waals surface area contributed by atoms with Gasteiger partial charge in [0.1, 0.15) is 0 Å². The van der Waals surface area contributed by atoms with Gasteiger partial charge in [-0.2, -0.15) is 0 Å². The van der Waals surface area contributed by atoms with E-state index in [0.717, 1.165) is 13.0 Å². The Balaban J connectivity index is 2.14. The molecule has 0 bridgehead atoms. The molecule has 2 nitrogen and oxygen atoms in total. The third kappa shape index (κ3) is 5.55.